The number of anilines is 1. The number of hydrogen-bond acceptors (Lipinski definition) is 4. The molecule has 0 spiro atoms. The Kier molecular flexibility index (Phi) is 6.75. The Morgan fingerprint density at radius 1 is 1.23 bits per heavy atom. The van der Waals surface area contributed by atoms with E-state index in [0.717, 1.165) is 56.8 Å². The Balaban J connectivity index is 1.73. The standard InChI is InChI=1S/C23H20ClIN2O2S/c1-29-21-14(11-15(24)12-18(21)25)13-26-23-20(17-9-5-6-10-19(17)30-23)22(28)27-16-7-3-2-4-8-16/h2-4,7-8,11-13H,5-6,9-10H2,1H3,(H,27,28). The summed E-state index contributed by atoms with van der Waals surface area (Å²) in [5.41, 5.74) is 3.39. The number of carbonyl (C=O) groups is 1. The van der Waals surface area contributed by atoms with Gasteiger partial charge in [-0.05, 0) is 78.1 Å². The molecule has 1 amide bonds. The van der Waals surface area contributed by atoms with Crippen molar-refractivity contribution in [1.82, 2.24) is 0 Å². The van der Waals surface area contributed by atoms with Crippen LogP contribution in [-0.2, 0) is 12.8 Å². The molecule has 3 aromatic rings. The van der Waals surface area contributed by atoms with Gasteiger partial charge in [-0.1, -0.05) is 29.8 Å². The van der Waals surface area contributed by atoms with Crippen molar-refractivity contribution in [3.05, 3.63) is 72.6 Å². The van der Waals surface area contributed by atoms with Crippen LogP contribution in [-0.4, -0.2) is 19.2 Å². The molecule has 0 radical (unpaired) electrons. The van der Waals surface area contributed by atoms with Gasteiger partial charge in [0.2, 0.25) is 0 Å². The van der Waals surface area contributed by atoms with Crippen molar-refractivity contribution < 1.29 is 9.53 Å². The molecule has 1 N–H and O–H groups in total. The Bertz CT molecular complexity index is 1110. The number of halogens is 2. The molecule has 1 aliphatic carbocycles. The highest BCUT2D eigenvalue weighted by molar-refractivity contribution is 14.1. The fraction of sp³-hybridized carbons (Fsp3) is 0.217. The number of amides is 1. The van der Waals surface area contributed by atoms with Crippen molar-refractivity contribution in [3.63, 3.8) is 0 Å². The maximum atomic E-state index is 13.2. The molecule has 154 valence electrons. The van der Waals surface area contributed by atoms with Gasteiger partial charge in [0.05, 0.1) is 16.2 Å². The highest BCUT2D eigenvalue weighted by Crippen LogP contribution is 2.40. The van der Waals surface area contributed by atoms with Crippen molar-refractivity contribution in [2.24, 2.45) is 4.99 Å². The van der Waals surface area contributed by atoms with Crippen LogP contribution in [0.5, 0.6) is 5.75 Å². The van der Waals surface area contributed by atoms with Gasteiger partial charge in [-0.2, -0.15) is 0 Å². The van der Waals surface area contributed by atoms with E-state index in [2.05, 4.69) is 27.9 Å². The maximum absolute atomic E-state index is 13.2. The molecule has 1 aromatic heterocycles. The molecule has 30 heavy (non-hydrogen) atoms. The quantitative estimate of drug-likeness (QED) is 0.278. The molecule has 0 fully saturated rings. The Morgan fingerprint density at radius 3 is 2.77 bits per heavy atom. The molecule has 1 heterocycles. The van der Waals surface area contributed by atoms with Gasteiger partial charge >= 0.3 is 0 Å². The highest BCUT2D eigenvalue weighted by atomic mass is 127. The molecule has 7 heteroatoms. The summed E-state index contributed by atoms with van der Waals surface area (Å²) < 4.78 is 6.44. The molecule has 1 aliphatic rings. The van der Waals surface area contributed by atoms with E-state index in [0.29, 0.717) is 10.6 Å². The predicted octanol–water partition coefficient (Wildman–Crippen LogP) is 6.90. The van der Waals surface area contributed by atoms with Crippen molar-refractivity contribution in [2.45, 2.75) is 25.7 Å². The van der Waals surface area contributed by atoms with Gasteiger partial charge in [0.1, 0.15) is 10.8 Å². The van der Waals surface area contributed by atoms with E-state index < -0.39 is 0 Å². The van der Waals surface area contributed by atoms with Crippen molar-refractivity contribution >= 4 is 68.3 Å². The molecule has 0 saturated heterocycles. The summed E-state index contributed by atoms with van der Waals surface area (Å²) >= 11 is 10.0. The van der Waals surface area contributed by atoms with E-state index in [1.165, 1.54) is 4.88 Å². The number of hydrogen-bond donors (Lipinski definition) is 1. The van der Waals surface area contributed by atoms with Crippen molar-refractivity contribution in [1.29, 1.82) is 0 Å². The zero-order chi connectivity index (χ0) is 21.1. The third kappa shape index (κ3) is 4.55. The SMILES string of the molecule is COc1c(I)cc(Cl)cc1C=Nc1sc2c(c1C(=O)Nc1ccccc1)CCCC2. The minimum absolute atomic E-state index is 0.111. The first-order chi connectivity index (χ1) is 14.6. The first-order valence-electron chi connectivity index (χ1n) is 9.65. The van der Waals surface area contributed by atoms with Crippen LogP contribution in [0.4, 0.5) is 10.7 Å². The van der Waals surface area contributed by atoms with Gasteiger partial charge in [-0.15, -0.1) is 11.3 Å². The minimum Gasteiger partial charge on any atom is -0.495 e. The van der Waals surface area contributed by atoms with Crippen LogP contribution in [0, 0.1) is 3.57 Å². The molecule has 0 saturated carbocycles. The van der Waals surface area contributed by atoms with Crippen LogP contribution in [0.2, 0.25) is 5.02 Å². The van der Waals surface area contributed by atoms with E-state index in [-0.39, 0.29) is 5.91 Å². The van der Waals surface area contributed by atoms with Crippen LogP contribution in [0.25, 0.3) is 0 Å². The Hall–Kier alpha value is -1.90. The summed E-state index contributed by atoms with van der Waals surface area (Å²) in [6.45, 7) is 0. The number of aryl methyl sites for hydroxylation is 1. The zero-order valence-electron chi connectivity index (χ0n) is 16.4. The number of ether oxygens (including phenoxy) is 1. The average Bonchev–Trinajstić information content (AvgIpc) is 3.11. The molecular formula is C23H20ClIN2O2S. The number of nitrogens with zero attached hydrogens (tertiary/aromatic N) is 1. The number of fused-ring (bicyclic) bond motifs is 1. The number of thiophene rings is 1. The van der Waals surface area contributed by atoms with Crippen LogP contribution in [0.3, 0.4) is 0 Å². The van der Waals surface area contributed by atoms with E-state index in [1.807, 2.05) is 42.5 Å². The summed E-state index contributed by atoms with van der Waals surface area (Å²) in [6, 6.07) is 13.2. The molecule has 4 rings (SSSR count). The lowest BCUT2D eigenvalue weighted by molar-refractivity contribution is 0.102. The maximum Gasteiger partial charge on any atom is 0.259 e. The highest BCUT2D eigenvalue weighted by Gasteiger charge is 2.25. The lowest BCUT2D eigenvalue weighted by atomic mass is 9.95. The van der Waals surface area contributed by atoms with Gasteiger partial charge in [0.25, 0.3) is 5.91 Å². The molecule has 4 nitrogen and oxygen atoms in total. The number of methoxy groups -OCH3 is 1. The summed E-state index contributed by atoms with van der Waals surface area (Å²) in [4.78, 5) is 19.2. The van der Waals surface area contributed by atoms with Crippen molar-refractivity contribution in [2.75, 3.05) is 12.4 Å². The van der Waals surface area contributed by atoms with E-state index in [1.54, 1.807) is 24.7 Å². The van der Waals surface area contributed by atoms with E-state index in [4.69, 9.17) is 21.3 Å². The fourth-order valence-electron chi connectivity index (χ4n) is 3.61. The van der Waals surface area contributed by atoms with Gasteiger partial charge in [-0.25, -0.2) is 4.99 Å². The van der Waals surface area contributed by atoms with Crippen molar-refractivity contribution in [3.8, 4) is 5.75 Å². The number of para-hydroxylation sites is 1. The number of rotatable bonds is 5. The first-order valence-corrected chi connectivity index (χ1v) is 11.9. The summed E-state index contributed by atoms with van der Waals surface area (Å²) in [5.74, 6) is 0.612. The Morgan fingerprint density at radius 2 is 2.00 bits per heavy atom. The monoisotopic (exact) mass is 550 g/mol. The summed E-state index contributed by atoms with van der Waals surface area (Å²) in [5, 5.41) is 4.37. The smallest absolute Gasteiger partial charge is 0.259 e. The molecular weight excluding hydrogens is 531 g/mol. The zero-order valence-corrected chi connectivity index (χ0v) is 20.1. The van der Waals surface area contributed by atoms with Gasteiger partial charge in [0, 0.05) is 27.4 Å². The topological polar surface area (TPSA) is 50.7 Å². The van der Waals surface area contributed by atoms with Crippen LogP contribution < -0.4 is 10.1 Å². The molecule has 0 atom stereocenters. The van der Waals surface area contributed by atoms with Gasteiger partial charge < -0.3 is 10.1 Å². The van der Waals surface area contributed by atoms with Gasteiger partial charge in [-0.3, -0.25) is 4.79 Å². The second kappa shape index (κ2) is 9.49. The lowest BCUT2D eigenvalue weighted by Crippen LogP contribution is -2.14. The number of nitrogens with one attached hydrogen (secondary N) is 1. The molecule has 0 bridgehead atoms. The molecule has 0 aliphatic heterocycles. The fourth-order valence-corrected chi connectivity index (χ4v) is 6.12. The van der Waals surface area contributed by atoms with Crippen LogP contribution >= 0.6 is 45.5 Å². The second-order valence-corrected chi connectivity index (χ2v) is 9.66. The second-order valence-electron chi connectivity index (χ2n) is 6.98. The summed E-state index contributed by atoms with van der Waals surface area (Å²) in [6.07, 6.45) is 5.90. The van der Waals surface area contributed by atoms with E-state index in [9.17, 15) is 4.79 Å². The average molecular weight is 551 g/mol. The van der Waals surface area contributed by atoms with Crippen LogP contribution in [0.1, 0.15) is 39.2 Å². The predicted molar refractivity (Wildman–Crippen MR) is 133 cm³/mol. The largest absolute Gasteiger partial charge is 0.495 e. The Labute approximate surface area is 198 Å². The van der Waals surface area contributed by atoms with Gasteiger partial charge in [0.15, 0.2) is 0 Å². The third-order valence-corrected chi connectivity index (χ3v) is 7.19. The number of aliphatic imine (C=N–C) groups is 1. The third-order valence-electron chi connectivity index (χ3n) is 4.97. The molecule has 0 unspecified atom stereocenters. The minimum atomic E-state index is -0.111. The van der Waals surface area contributed by atoms with Crippen LogP contribution in [0.15, 0.2) is 47.5 Å². The van der Waals surface area contributed by atoms with E-state index >= 15 is 0 Å². The normalized spacial score (nSPS) is 13.3. The lowest BCUT2D eigenvalue weighted by Gasteiger charge is -2.12. The summed E-state index contributed by atoms with van der Waals surface area (Å²) in [7, 11) is 1.63. The first kappa shape index (κ1) is 21.3. The number of benzene rings is 2. The number of carbonyl (C=O) groups excluding carboxylic acids is 1. The molecule has 2 aromatic carbocycles.